The topological polar surface area (TPSA) is 0 Å². The first-order chi connectivity index (χ1) is 4.83. The Labute approximate surface area is 68.3 Å². The summed E-state index contributed by atoms with van der Waals surface area (Å²) in [7, 11) is 2.78. The summed E-state index contributed by atoms with van der Waals surface area (Å²) >= 11 is 0. The largest absolute Gasteiger partial charge is 0.120 e. The highest BCUT2D eigenvalue weighted by Crippen LogP contribution is 1.77. The van der Waals surface area contributed by atoms with Crippen molar-refractivity contribution in [3.05, 3.63) is 0 Å². The highest BCUT2D eigenvalue weighted by atomic mass is 13.5. The van der Waals surface area contributed by atoms with Gasteiger partial charge in [0.05, 0.1) is 0 Å². The average molecular weight is 140 g/mol. The summed E-state index contributed by atoms with van der Waals surface area (Å²) in [4.78, 5) is 0. The summed E-state index contributed by atoms with van der Waals surface area (Å²) in [6.45, 7) is 8.85. The van der Waals surface area contributed by atoms with Crippen molar-refractivity contribution in [3.8, 4) is 0 Å². The van der Waals surface area contributed by atoms with E-state index in [4.69, 9.17) is 0 Å². The molecule has 0 spiro atoms. The molecular weight excluding hydrogens is 118 g/mol. The number of hydrogen-bond donors (Lipinski definition) is 0. The Morgan fingerprint density at radius 1 is 0.600 bits per heavy atom. The van der Waals surface area contributed by atoms with Gasteiger partial charge >= 0.3 is 0 Å². The molecule has 10 heavy (non-hydrogen) atoms. The molecule has 0 aliphatic carbocycles. The van der Waals surface area contributed by atoms with Crippen molar-refractivity contribution in [3.63, 3.8) is 0 Å². The molecule has 2 heteroatoms. The van der Waals surface area contributed by atoms with Crippen LogP contribution in [0, 0.1) is 0 Å². The van der Waals surface area contributed by atoms with E-state index in [0.717, 1.165) is 0 Å². The van der Waals surface area contributed by atoms with E-state index in [9.17, 15) is 0 Å². The van der Waals surface area contributed by atoms with Crippen molar-refractivity contribution >= 4 is 14.6 Å². The van der Waals surface area contributed by atoms with Crippen LogP contribution in [-0.2, 0) is 0 Å². The monoisotopic (exact) mass is 140 g/mol. The maximum atomic E-state index is 2.21. The minimum absolute atomic E-state index is 1.34. The quantitative estimate of drug-likeness (QED) is 0.526. The maximum absolute atomic E-state index is 2.21. The first-order valence-corrected chi connectivity index (χ1v) is 4.83. The van der Waals surface area contributed by atoms with Crippen molar-refractivity contribution in [2.24, 2.45) is 0 Å². The zero-order valence-electron chi connectivity index (χ0n) is 8.24. The van der Waals surface area contributed by atoms with Crippen LogP contribution in [0.1, 0.15) is 27.7 Å². The molecule has 0 N–H and O–H groups in total. The smallest absolute Gasteiger partial charge is 0.0803 e. The van der Waals surface area contributed by atoms with Gasteiger partial charge in [-0.2, -0.15) is 0 Å². The van der Waals surface area contributed by atoms with Gasteiger partial charge in [0.1, 0.15) is 14.6 Å². The predicted molar refractivity (Wildman–Crippen MR) is 56.2 cm³/mol. The van der Waals surface area contributed by atoms with Crippen LogP contribution < -0.4 is 0 Å². The van der Waals surface area contributed by atoms with Gasteiger partial charge in [0.15, 0.2) is 0 Å². The molecule has 0 rings (SSSR count). The lowest BCUT2D eigenvalue weighted by Crippen LogP contribution is -1.76. The standard InChI is InChI=1S/2C4H11B/c2*1-3-5-4-2/h2*5H,3-4H2,1-2H3. The van der Waals surface area contributed by atoms with Crippen LogP contribution in [-0.4, -0.2) is 14.6 Å². The highest BCUT2D eigenvalue weighted by molar-refractivity contribution is 6.35. The second-order valence-electron chi connectivity index (χ2n) is 2.71. The molecule has 0 aliphatic rings. The van der Waals surface area contributed by atoms with E-state index in [1.54, 1.807) is 0 Å². The van der Waals surface area contributed by atoms with Crippen molar-refractivity contribution in [2.45, 2.75) is 53.0 Å². The van der Waals surface area contributed by atoms with Gasteiger partial charge in [-0.25, -0.2) is 0 Å². The van der Waals surface area contributed by atoms with Gasteiger partial charge < -0.3 is 0 Å². The van der Waals surface area contributed by atoms with Gasteiger partial charge in [-0.3, -0.25) is 0 Å². The van der Waals surface area contributed by atoms with Gasteiger partial charge in [-0.1, -0.05) is 53.0 Å². The second-order valence-corrected chi connectivity index (χ2v) is 2.71. The van der Waals surface area contributed by atoms with Crippen molar-refractivity contribution in [1.82, 2.24) is 0 Å². The predicted octanol–water partition coefficient (Wildman–Crippen LogP) is 2.60. The molecule has 0 aromatic rings. The Morgan fingerprint density at radius 2 is 0.800 bits per heavy atom. The maximum Gasteiger partial charge on any atom is 0.120 e. The third-order valence-corrected chi connectivity index (χ3v) is 1.41. The molecule has 0 aliphatic heterocycles. The Morgan fingerprint density at radius 3 is 0.800 bits per heavy atom. The van der Waals surface area contributed by atoms with E-state index < -0.39 is 0 Å². The Kier molecular flexibility index (Phi) is 20.5. The summed E-state index contributed by atoms with van der Waals surface area (Å²) in [6.07, 6.45) is 5.38. The Balaban J connectivity index is 0. The van der Waals surface area contributed by atoms with Crippen LogP contribution in [0.3, 0.4) is 0 Å². The van der Waals surface area contributed by atoms with Crippen LogP contribution in [0.25, 0.3) is 0 Å². The van der Waals surface area contributed by atoms with Crippen molar-refractivity contribution in [1.29, 1.82) is 0 Å². The summed E-state index contributed by atoms with van der Waals surface area (Å²) in [6, 6.07) is 0. The molecule has 0 unspecified atom stereocenters. The number of hydrogen-bond acceptors (Lipinski definition) is 0. The first-order valence-electron chi connectivity index (χ1n) is 4.83. The molecule has 0 aromatic heterocycles. The SMILES string of the molecule is CCBCC.CCBCC. The second kappa shape index (κ2) is 16.1. The lowest BCUT2D eigenvalue weighted by molar-refractivity contribution is 1.36. The zero-order chi connectivity index (χ0) is 8.24. The summed E-state index contributed by atoms with van der Waals surface area (Å²) in [5.74, 6) is 0. The third kappa shape index (κ3) is 24.2. The number of rotatable bonds is 4. The molecular formula is C8H22B2. The molecule has 0 saturated heterocycles. The van der Waals surface area contributed by atoms with Crippen molar-refractivity contribution < 1.29 is 0 Å². The molecule has 0 saturated carbocycles. The normalized spacial score (nSPS) is 7.60. The van der Waals surface area contributed by atoms with E-state index in [2.05, 4.69) is 27.7 Å². The van der Waals surface area contributed by atoms with Gasteiger partial charge in [0, 0.05) is 0 Å². The summed E-state index contributed by atoms with van der Waals surface area (Å²) < 4.78 is 0. The molecule has 0 nitrogen and oxygen atoms in total. The van der Waals surface area contributed by atoms with Crippen LogP contribution in [0.15, 0.2) is 0 Å². The van der Waals surface area contributed by atoms with E-state index >= 15 is 0 Å². The molecule has 60 valence electrons. The van der Waals surface area contributed by atoms with Gasteiger partial charge in [-0.15, -0.1) is 0 Å². The average Bonchev–Trinajstić information content (AvgIpc) is 1.93. The lowest BCUT2D eigenvalue weighted by Gasteiger charge is -1.75. The van der Waals surface area contributed by atoms with E-state index in [1.165, 1.54) is 39.8 Å². The van der Waals surface area contributed by atoms with E-state index in [-0.39, 0.29) is 0 Å². The minimum Gasteiger partial charge on any atom is -0.0803 e. The summed E-state index contributed by atoms with van der Waals surface area (Å²) in [5, 5.41) is 0. The fourth-order valence-electron chi connectivity index (χ4n) is 0.707. The van der Waals surface area contributed by atoms with E-state index in [1.807, 2.05) is 0 Å². The third-order valence-electron chi connectivity index (χ3n) is 1.41. The van der Waals surface area contributed by atoms with Crippen LogP contribution in [0.4, 0.5) is 0 Å². The van der Waals surface area contributed by atoms with Gasteiger partial charge in [0.2, 0.25) is 0 Å². The lowest BCUT2D eigenvalue weighted by atomic mass is 9.73. The fourth-order valence-corrected chi connectivity index (χ4v) is 0.707. The van der Waals surface area contributed by atoms with Crippen molar-refractivity contribution in [2.75, 3.05) is 0 Å². The molecule has 0 amide bonds. The molecule has 0 bridgehead atoms. The molecule has 0 heterocycles. The first kappa shape index (κ1) is 12.8. The molecule has 0 fully saturated rings. The summed E-state index contributed by atoms with van der Waals surface area (Å²) in [5.41, 5.74) is 0. The van der Waals surface area contributed by atoms with Crippen LogP contribution in [0.2, 0.25) is 25.3 Å². The Hall–Kier alpha value is 0.130. The molecule has 0 atom stereocenters. The van der Waals surface area contributed by atoms with Gasteiger partial charge in [0.25, 0.3) is 0 Å². The minimum atomic E-state index is 1.34. The van der Waals surface area contributed by atoms with Crippen LogP contribution in [0.5, 0.6) is 0 Å². The van der Waals surface area contributed by atoms with Gasteiger partial charge in [-0.05, 0) is 0 Å². The Bertz CT molecular complexity index is 28.2. The highest BCUT2D eigenvalue weighted by Gasteiger charge is 1.73. The fraction of sp³-hybridized carbons (Fsp3) is 1.00. The van der Waals surface area contributed by atoms with E-state index in [0.29, 0.717) is 0 Å². The molecule has 0 radical (unpaired) electrons. The van der Waals surface area contributed by atoms with Crippen LogP contribution >= 0.6 is 0 Å². The zero-order valence-corrected chi connectivity index (χ0v) is 8.24. The molecule has 0 aromatic carbocycles.